The summed E-state index contributed by atoms with van der Waals surface area (Å²) in [4.78, 5) is 0. The molecule has 0 unspecified atom stereocenters. The van der Waals surface area contributed by atoms with Crippen molar-refractivity contribution < 1.29 is 0 Å². The Morgan fingerprint density at radius 2 is 1.88 bits per heavy atom. The Bertz CT molecular complexity index is 66.0. The maximum atomic E-state index is 5.17. The van der Waals surface area contributed by atoms with E-state index in [9.17, 15) is 0 Å². The summed E-state index contributed by atoms with van der Waals surface area (Å²) in [5.74, 6) is 0. The first kappa shape index (κ1) is 7.48. The molecule has 0 heterocycles. The molecule has 0 saturated heterocycles. The van der Waals surface area contributed by atoms with Gasteiger partial charge in [0, 0.05) is 0 Å². The largest absolute Gasteiger partial charge is 0.0845 e. The smallest absolute Gasteiger partial charge is 0.0311 e. The summed E-state index contributed by atoms with van der Waals surface area (Å²) in [6, 6.07) is 0. The molecule has 0 N–H and O–H groups in total. The van der Waals surface area contributed by atoms with E-state index in [0.717, 1.165) is 6.42 Å². The molecule has 0 bridgehead atoms. The number of hydrogen-bond donors (Lipinski definition) is 0. The highest BCUT2D eigenvalue weighted by Gasteiger charge is 1.62. The van der Waals surface area contributed by atoms with Crippen LogP contribution in [0.1, 0.15) is 12.8 Å². The van der Waals surface area contributed by atoms with Crippen molar-refractivity contribution in [2.24, 2.45) is 0 Å². The van der Waals surface area contributed by atoms with Gasteiger partial charge in [-0.25, -0.2) is 0 Å². The number of allylic oxidation sites excluding steroid dienone is 4. The Labute approximate surface area is 51.9 Å². The van der Waals surface area contributed by atoms with Crippen molar-refractivity contribution in [3.63, 3.8) is 0 Å². The normalized spacial score (nSPS) is 11.8. The van der Waals surface area contributed by atoms with E-state index >= 15 is 0 Å². The van der Waals surface area contributed by atoms with Crippen molar-refractivity contribution in [2.75, 3.05) is 0 Å². The van der Waals surface area contributed by atoms with Gasteiger partial charge in [0.1, 0.15) is 0 Å². The van der Waals surface area contributed by atoms with Crippen LogP contribution < -0.4 is 0 Å². The molecule has 0 rings (SSSR count). The average Bonchev–Trinajstić information content (AvgIpc) is 1.81. The van der Waals surface area contributed by atoms with Crippen LogP contribution in [-0.4, -0.2) is 0 Å². The van der Waals surface area contributed by atoms with E-state index in [4.69, 9.17) is 6.92 Å². The highest BCUT2D eigenvalue weighted by molar-refractivity contribution is 5.02. The van der Waals surface area contributed by atoms with Crippen molar-refractivity contribution in [3.05, 3.63) is 38.2 Å². The first-order valence-corrected chi connectivity index (χ1v) is 2.72. The molecule has 0 aliphatic carbocycles. The minimum atomic E-state index is 0.613. The zero-order valence-electron chi connectivity index (χ0n) is 5.01. The van der Waals surface area contributed by atoms with E-state index in [2.05, 4.69) is 6.92 Å². The predicted octanol–water partition coefficient (Wildman–Crippen LogP) is 2.42. The molecule has 0 aromatic rings. The van der Waals surface area contributed by atoms with Crippen LogP contribution in [0.2, 0.25) is 0 Å². The summed E-state index contributed by atoms with van der Waals surface area (Å²) in [6.07, 6.45) is 9.19. The minimum Gasteiger partial charge on any atom is -0.0845 e. The van der Waals surface area contributed by atoms with Gasteiger partial charge in [0.15, 0.2) is 0 Å². The maximum Gasteiger partial charge on any atom is -0.0311 e. The lowest BCUT2D eigenvalue weighted by atomic mass is 10.3. The zero-order valence-corrected chi connectivity index (χ0v) is 5.01. The lowest BCUT2D eigenvalue weighted by Crippen LogP contribution is -1.53. The van der Waals surface area contributed by atoms with Gasteiger partial charge in [-0.1, -0.05) is 24.3 Å². The fraction of sp³-hybridized carbons (Fsp3) is 0.250. The Morgan fingerprint density at radius 3 is 2.38 bits per heavy atom. The van der Waals surface area contributed by atoms with Crippen LogP contribution in [0.3, 0.4) is 0 Å². The molecular formula is C8H11. The Balaban J connectivity index is 3.13. The van der Waals surface area contributed by atoms with Gasteiger partial charge < -0.3 is 0 Å². The van der Waals surface area contributed by atoms with E-state index in [-0.39, 0.29) is 0 Å². The lowest BCUT2D eigenvalue weighted by Gasteiger charge is -1.73. The van der Waals surface area contributed by atoms with Gasteiger partial charge in [0.05, 0.1) is 0 Å². The molecule has 0 saturated carbocycles. The van der Waals surface area contributed by atoms with Crippen molar-refractivity contribution in [2.45, 2.75) is 12.8 Å². The molecule has 43 valence electrons. The van der Waals surface area contributed by atoms with Gasteiger partial charge in [-0.3, -0.25) is 0 Å². The number of rotatable bonds is 3. The van der Waals surface area contributed by atoms with Crippen LogP contribution in [0, 0.1) is 13.8 Å². The fourth-order valence-electron chi connectivity index (χ4n) is 0.332. The molecule has 0 spiro atoms. The third-order valence-electron chi connectivity index (χ3n) is 0.686. The zero-order chi connectivity index (χ0) is 6.24. The van der Waals surface area contributed by atoms with Crippen LogP contribution in [0.5, 0.6) is 0 Å². The second-order valence-corrected chi connectivity index (χ2v) is 1.38. The monoisotopic (exact) mass is 107 g/mol. The van der Waals surface area contributed by atoms with Crippen molar-refractivity contribution in [3.8, 4) is 0 Å². The molecule has 3 radical (unpaired) electrons. The van der Waals surface area contributed by atoms with Crippen LogP contribution in [0.4, 0.5) is 0 Å². The quantitative estimate of drug-likeness (QED) is 0.486. The van der Waals surface area contributed by atoms with E-state index in [1.807, 2.05) is 24.3 Å². The van der Waals surface area contributed by atoms with Gasteiger partial charge in [0.25, 0.3) is 0 Å². The van der Waals surface area contributed by atoms with Gasteiger partial charge in [-0.15, -0.1) is 0 Å². The SMILES string of the molecule is [CH]C/C=C/C=C/C[CH2]. The predicted molar refractivity (Wildman–Crippen MR) is 37.2 cm³/mol. The molecule has 0 fully saturated rings. The molecule has 0 aromatic heterocycles. The highest BCUT2D eigenvalue weighted by Crippen LogP contribution is 1.82. The molecule has 0 aliphatic heterocycles. The minimum absolute atomic E-state index is 0.613. The number of hydrogen-bond acceptors (Lipinski definition) is 0. The Morgan fingerprint density at radius 1 is 1.25 bits per heavy atom. The Kier molecular flexibility index (Phi) is 6.06. The van der Waals surface area contributed by atoms with Gasteiger partial charge >= 0.3 is 0 Å². The van der Waals surface area contributed by atoms with Gasteiger partial charge in [0.2, 0.25) is 0 Å². The topological polar surface area (TPSA) is 0 Å². The van der Waals surface area contributed by atoms with Crippen LogP contribution >= 0.6 is 0 Å². The molecule has 0 amide bonds. The third kappa shape index (κ3) is 5.48. The van der Waals surface area contributed by atoms with Crippen LogP contribution in [0.25, 0.3) is 0 Å². The Hall–Kier alpha value is -0.520. The molecule has 0 heteroatoms. The standard InChI is InChI=1S/C8H11/c1-3-5-7-8-6-4-2/h1,5-8H,2-4H2/b7-5+,8-6+. The molecule has 0 nitrogen and oxygen atoms in total. The van der Waals surface area contributed by atoms with Crippen LogP contribution in [-0.2, 0) is 0 Å². The first-order chi connectivity index (χ1) is 3.91. The van der Waals surface area contributed by atoms with Gasteiger partial charge in [-0.2, -0.15) is 0 Å². The second kappa shape index (κ2) is 6.48. The van der Waals surface area contributed by atoms with E-state index < -0.39 is 0 Å². The van der Waals surface area contributed by atoms with E-state index in [1.165, 1.54) is 0 Å². The highest BCUT2D eigenvalue weighted by atomic mass is 13.7. The summed E-state index contributed by atoms with van der Waals surface area (Å²) in [7, 11) is 0. The summed E-state index contributed by atoms with van der Waals surface area (Å²) in [5, 5.41) is 0. The molecular weight excluding hydrogens is 96.1 g/mol. The lowest BCUT2D eigenvalue weighted by molar-refractivity contribution is 1.38. The van der Waals surface area contributed by atoms with E-state index in [0.29, 0.717) is 6.42 Å². The maximum absolute atomic E-state index is 5.17. The second-order valence-electron chi connectivity index (χ2n) is 1.38. The summed E-state index contributed by atoms with van der Waals surface area (Å²) in [5.41, 5.74) is 0. The fourth-order valence-corrected chi connectivity index (χ4v) is 0.332. The van der Waals surface area contributed by atoms with Gasteiger partial charge in [-0.05, 0) is 26.7 Å². The molecule has 8 heavy (non-hydrogen) atoms. The summed E-state index contributed by atoms with van der Waals surface area (Å²) in [6.45, 7) is 8.81. The summed E-state index contributed by atoms with van der Waals surface area (Å²) < 4.78 is 0. The third-order valence-corrected chi connectivity index (χ3v) is 0.686. The van der Waals surface area contributed by atoms with Crippen molar-refractivity contribution >= 4 is 0 Å². The summed E-state index contributed by atoms with van der Waals surface area (Å²) >= 11 is 0. The average molecular weight is 107 g/mol. The molecule has 0 atom stereocenters. The molecule has 0 aromatic carbocycles. The van der Waals surface area contributed by atoms with Crippen molar-refractivity contribution in [1.82, 2.24) is 0 Å². The van der Waals surface area contributed by atoms with Crippen molar-refractivity contribution in [1.29, 1.82) is 0 Å². The van der Waals surface area contributed by atoms with Crippen LogP contribution in [0.15, 0.2) is 24.3 Å². The molecule has 0 aliphatic rings. The van der Waals surface area contributed by atoms with E-state index in [1.54, 1.807) is 0 Å². The first-order valence-electron chi connectivity index (χ1n) is 2.72.